The van der Waals surface area contributed by atoms with Crippen LogP contribution in [0.5, 0.6) is 0 Å². The van der Waals surface area contributed by atoms with Gasteiger partial charge in [0.05, 0.1) is 5.69 Å². The molecule has 2 aromatic carbocycles. The quantitative estimate of drug-likeness (QED) is 0.323. The monoisotopic (exact) mass is 542 g/mol. The molecule has 0 aliphatic carbocycles. The molecule has 32 heavy (non-hydrogen) atoms. The highest BCUT2D eigenvalue weighted by molar-refractivity contribution is 9.10. The highest BCUT2D eigenvalue weighted by atomic mass is 79.9. The number of nitrogens with one attached hydrogen (secondary N) is 1. The third-order valence-corrected chi connectivity index (χ3v) is 5.67. The molecule has 0 unspecified atom stereocenters. The molecule has 11 heteroatoms. The van der Waals surface area contributed by atoms with Crippen molar-refractivity contribution >= 4 is 50.7 Å². The number of benzene rings is 2. The lowest BCUT2D eigenvalue weighted by molar-refractivity contribution is -0.142. The fourth-order valence-electron chi connectivity index (χ4n) is 2.98. The van der Waals surface area contributed by atoms with Crippen molar-refractivity contribution in [1.82, 2.24) is 19.9 Å². The van der Waals surface area contributed by atoms with Crippen molar-refractivity contribution in [3.63, 3.8) is 0 Å². The first-order chi connectivity index (χ1) is 15.1. The van der Waals surface area contributed by atoms with Gasteiger partial charge >= 0.3 is 6.18 Å². The first-order valence-electron chi connectivity index (χ1n) is 9.08. The lowest BCUT2D eigenvalue weighted by atomic mass is 10.1. The van der Waals surface area contributed by atoms with Gasteiger partial charge in [-0.25, -0.2) is 9.50 Å². The summed E-state index contributed by atoms with van der Waals surface area (Å²) in [6, 6.07) is 14.2. The topological polar surface area (TPSA) is 59.3 Å². The average Bonchev–Trinajstić information content (AvgIpc) is 3.09. The van der Waals surface area contributed by atoms with E-state index < -0.39 is 17.8 Å². The minimum atomic E-state index is -4.75. The van der Waals surface area contributed by atoms with Crippen molar-refractivity contribution in [2.75, 3.05) is 0 Å². The largest absolute Gasteiger partial charge is 0.433 e. The Kier molecular flexibility index (Phi) is 6.15. The minimum absolute atomic E-state index is 0.0484. The second-order valence-electron chi connectivity index (χ2n) is 6.74. The van der Waals surface area contributed by atoms with Gasteiger partial charge in [-0.3, -0.25) is 4.79 Å². The molecule has 0 spiro atoms. The highest BCUT2D eigenvalue weighted by Gasteiger charge is 2.36. The molecule has 0 saturated heterocycles. The number of rotatable bonds is 4. The zero-order chi connectivity index (χ0) is 23.0. The van der Waals surface area contributed by atoms with E-state index in [0.717, 1.165) is 16.1 Å². The first-order valence-corrected chi connectivity index (χ1v) is 10.6. The fourth-order valence-corrected chi connectivity index (χ4v) is 3.61. The van der Waals surface area contributed by atoms with Crippen molar-refractivity contribution in [1.29, 1.82) is 0 Å². The van der Waals surface area contributed by atoms with Gasteiger partial charge in [0.1, 0.15) is 5.02 Å². The maximum atomic E-state index is 13.8. The van der Waals surface area contributed by atoms with Crippen molar-refractivity contribution in [2.24, 2.45) is 0 Å². The van der Waals surface area contributed by atoms with Crippen molar-refractivity contribution in [2.45, 2.75) is 12.7 Å². The molecule has 5 nitrogen and oxygen atoms in total. The predicted molar refractivity (Wildman–Crippen MR) is 119 cm³/mol. The van der Waals surface area contributed by atoms with E-state index in [1.165, 1.54) is 0 Å². The third kappa shape index (κ3) is 4.60. The Morgan fingerprint density at radius 2 is 1.72 bits per heavy atom. The van der Waals surface area contributed by atoms with Crippen LogP contribution in [0, 0.1) is 0 Å². The normalized spacial score (nSPS) is 11.7. The summed E-state index contributed by atoms with van der Waals surface area (Å²) in [4.78, 5) is 16.9. The zero-order valence-corrected chi connectivity index (χ0v) is 19.0. The Morgan fingerprint density at radius 1 is 1.06 bits per heavy atom. The van der Waals surface area contributed by atoms with Crippen LogP contribution in [-0.4, -0.2) is 20.5 Å². The Hall–Kier alpha value is -2.62. The minimum Gasteiger partial charge on any atom is -0.347 e. The number of alkyl halides is 3. The van der Waals surface area contributed by atoms with Gasteiger partial charge in [-0.1, -0.05) is 63.4 Å². The standard InChI is InChI=1S/C21H12BrCl2F3N4O/c22-13-5-3-12(4-6-13)15-9-16(21(25,26)27)31-19(29-15)17(24)18(30-31)20(32)28-10-11-1-7-14(23)8-2-11/h1-9H,10H2,(H,28,32). The van der Waals surface area contributed by atoms with Gasteiger partial charge in [-0.05, 0) is 35.9 Å². The van der Waals surface area contributed by atoms with Crippen LogP contribution < -0.4 is 5.32 Å². The predicted octanol–water partition coefficient (Wildman–Crippen LogP) is 6.41. The van der Waals surface area contributed by atoms with Gasteiger partial charge in [-0.15, -0.1) is 0 Å². The van der Waals surface area contributed by atoms with Crippen molar-refractivity contribution in [3.05, 3.63) is 86.1 Å². The Morgan fingerprint density at radius 3 is 2.34 bits per heavy atom. The molecule has 0 fully saturated rings. The van der Waals surface area contributed by atoms with Gasteiger partial charge < -0.3 is 5.32 Å². The summed E-state index contributed by atoms with van der Waals surface area (Å²) in [6.07, 6.45) is -4.75. The van der Waals surface area contributed by atoms with Crippen LogP contribution in [0.4, 0.5) is 13.2 Å². The van der Waals surface area contributed by atoms with Crippen LogP contribution >= 0.6 is 39.1 Å². The average molecular weight is 544 g/mol. The van der Waals surface area contributed by atoms with Crippen LogP contribution in [0.3, 0.4) is 0 Å². The van der Waals surface area contributed by atoms with E-state index in [1.54, 1.807) is 48.5 Å². The summed E-state index contributed by atoms with van der Waals surface area (Å²) >= 11 is 15.4. The lowest BCUT2D eigenvalue weighted by Gasteiger charge is -2.11. The number of halogens is 6. The number of fused-ring (bicyclic) bond motifs is 1. The molecule has 0 bridgehead atoms. The number of hydrogen-bond acceptors (Lipinski definition) is 3. The van der Waals surface area contributed by atoms with E-state index >= 15 is 0 Å². The lowest BCUT2D eigenvalue weighted by Crippen LogP contribution is -2.23. The summed E-state index contributed by atoms with van der Waals surface area (Å²) in [7, 11) is 0. The van der Waals surface area contributed by atoms with Gasteiger partial charge in [0.2, 0.25) is 0 Å². The molecular formula is C21H12BrCl2F3N4O. The smallest absolute Gasteiger partial charge is 0.347 e. The maximum Gasteiger partial charge on any atom is 0.433 e. The number of amides is 1. The molecule has 4 rings (SSSR count). The summed E-state index contributed by atoms with van der Waals surface area (Å²) in [5, 5.41) is 6.67. The molecular weight excluding hydrogens is 532 g/mol. The van der Waals surface area contributed by atoms with Crippen LogP contribution in [0.15, 0.2) is 59.1 Å². The molecule has 0 radical (unpaired) electrons. The van der Waals surface area contributed by atoms with E-state index in [-0.39, 0.29) is 28.6 Å². The number of carbonyl (C=O) groups is 1. The Bertz CT molecular complexity index is 1310. The van der Waals surface area contributed by atoms with Gasteiger partial charge in [0, 0.05) is 21.6 Å². The summed E-state index contributed by atoms with van der Waals surface area (Å²) in [5.74, 6) is -0.728. The molecule has 4 aromatic rings. The molecule has 0 aliphatic heterocycles. The Labute approximate surface area is 198 Å². The fraction of sp³-hybridized carbons (Fsp3) is 0.0952. The molecule has 2 heterocycles. The number of aromatic nitrogens is 3. The maximum absolute atomic E-state index is 13.8. The molecule has 2 aromatic heterocycles. The zero-order valence-electron chi connectivity index (χ0n) is 15.9. The first kappa shape index (κ1) is 22.6. The van der Waals surface area contributed by atoms with Crippen LogP contribution in [0.25, 0.3) is 16.9 Å². The van der Waals surface area contributed by atoms with Crippen molar-refractivity contribution < 1.29 is 18.0 Å². The van der Waals surface area contributed by atoms with Gasteiger partial charge in [-0.2, -0.15) is 18.3 Å². The molecule has 1 amide bonds. The summed E-state index contributed by atoms with van der Waals surface area (Å²) < 4.78 is 42.6. The van der Waals surface area contributed by atoms with Crippen LogP contribution in [0.1, 0.15) is 21.7 Å². The summed E-state index contributed by atoms with van der Waals surface area (Å²) in [5.41, 5.74) is -0.476. The molecule has 164 valence electrons. The molecule has 0 atom stereocenters. The van der Waals surface area contributed by atoms with E-state index in [4.69, 9.17) is 23.2 Å². The highest BCUT2D eigenvalue weighted by Crippen LogP contribution is 2.34. The Balaban J connectivity index is 1.74. The van der Waals surface area contributed by atoms with Gasteiger partial charge in [0.15, 0.2) is 17.0 Å². The summed E-state index contributed by atoms with van der Waals surface area (Å²) in [6.45, 7) is 0.115. The van der Waals surface area contributed by atoms with Crippen LogP contribution in [0.2, 0.25) is 10.0 Å². The molecule has 0 aliphatic rings. The SMILES string of the molecule is O=C(NCc1ccc(Cl)cc1)c1nn2c(C(F)(F)F)cc(-c3ccc(Br)cc3)nc2c1Cl. The number of nitrogens with zero attached hydrogens (tertiary/aromatic N) is 3. The van der Waals surface area contributed by atoms with E-state index in [2.05, 4.69) is 31.3 Å². The second-order valence-corrected chi connectivity index (χ2v) is 8.47. The number of hydrogen-bond donors (Lipinski definition) is 1. The number of carbonyl (C=O) groups excluding carboxylic acids is 1. The second kappa shape index (κ2) is 8.73. The molecule has 1 N–H and O–H groups in total. The van der Waals surface area contributed by atoms with E-state index in [0.29, 0.717) is 15.1 Å². The van der Waals surface area contributed by atoms with Crippen LogP contribution in [-0.2, 0) is 12.7 Å². The van der Waals surface area contributed by atoms with E-state index in [9.17, 15) is 18.0 Å². The van der Waals surface area contributed by atoms with Crippen molar-refractivity contribution in [3.8, 4) is 11.3 Å². The van der Waals surface area contributed by atoms with E-state index in [1.807, 2.05) is 0 Å². The van der Waals surface area contributed by atoms with Gasteiger partial charge in [0.25, 0.3) is 5.91 Å². The third-order valence-electron chi connectivity index (χ3n) is 4.54. The molecule has 0 saturated carbocycles.